The van der Waals surface area contributed by atoms with Gasteiger partial charge in [-0.1, -0.05) is 0 Å². The quantitative estimate of drug-likeness (QED) is 0.624. The molecule has 0 aromatic rings. The Morgan fingerprint density at radius 3 is 2.85 bits per heavy atom. The van der Waals surface area contributed by atoms with Crippen LogP contribution in [0.4, 0.5) is 0 Å². The lowest BCUT2D eigenvalue weighted by Crippen LogP contribution is -2.41. The van der Waals surface area contributed by atoms with Crippen molar-refractivity contribution in [2.45, 2.75) is 50.4 Å². The van der Waals surface area contributed by atoms with Crippen molar-refractivity contribution in [2.24, 2.45) is 5.92 Å². The fourth-order valence-electron chi connectivity index (χ4n) is 2.34. The fourth-order valence-corrected chi connectivity index (χ4v) is 2.34. The van der Waals surface area contributed by atoms with Gasteiger partial charge in [0.1, 0.15) is 0 Å². The molecular weight excluding hydrogens is 168 g/mol. The van der Waals surface area contributed by atoms with Crippen molar-refractivity contribution < 1.29 is 14.9 Å². The lowest BCUT2D eigenvalue weighted by atomic mass is 9.75. The van der Waals surface area contributed by atoms with Crippen molar-refractivity contribution in [1.82, 2.24) is 0 Å². The highest BCUT2D eigenvalue weighted by molar-refractivity contribution is 5.06. The monoisotopic (exact) mass is 186 g/mol. The van der Waals surface area contributed by atoms with Gasteiger partial charge in [0.2, 0.25) is 0 Å². The van der Waals surface area contributed by atoms with Crippen molar-refractivity contribution in [2.75, 3.05) is 6.61 Å². The SMILES string of the molecule is C[C@@](O)(CO)[C@@H]1CC[C@]2(C)O[C@@H]2C1. The molecular formula is C10H18O3. The molecule has 0 aromatic heterocycles. The second-order valence-corrected chi connectivity index (χ2v) is 4.91. The van der Waals surface area contributed by atoms with Gasteiger partial charge in [-0.25, -0.2) is 0 Å². The van der Waals surface area contributed by atoms with E-state index in [1.165, 1.54) is 0 Å². The number of aliphatic hydroxyl groups is 2. The molecule has 1 aliphatic heterocycles. The summed E-state index contributed by atoms with van der Waals surface area (Å²) >= 11 is 0. The molecule has 2 rings (SSSR count). The molecule has 3 heteroatoms. The topological polar surface area (TPSA) is 53.0 Å². The van der Waals surface area contributed by atoms with Gasteiger partial charge in [0.05, 0.1) is 23.9 Å². The van der Waals surface area contributed by atoms with Crippen molar-refractivity contribution in [3.8, 4) is 0 Å². The summed E-state index contributed by atoms with van der Waals surface area (Å²) in [4.78, 5) is 0. The van der Waals surface area contributed by atoms with Crippen molar-refractivity contribution in [3.05, 3.63) is 0 Å². The van der Waals surface area contributed by atoms with Crippen molar-refractivity contribution >= 4 is 0 Å². The third kappa shape index (κ3) is 1.49. The van der Waals surface area contributed by atoms with Gasteiger partial charge in [0.25, 0.3) is 0 Å². The normalized spacial score (nSPS) is 48.0. The number of aliphatic hydroxyl groups excluding tert-OH is 1. The highest BCUT2D eigenvalue weighted by atomic mass is 16.6. The van der Waals surface area contributed by atoms with Crippen LogP contribution in [0.2, 0.25) is 0 Å². The molecule has 2 fully saturated rings. The first kappa shape index (κ1) is 9.44. The van der Waals surface area contributed by atoms with E-state index >= 15 is 0 Å². The van der Waals surface area contributed by atoms with Crippen molar-refractivity contribution in [1.29, 1.82) is 0 Å². The summed E-state index contributed by atoms with van der Waals surface area (Å²) < 4.78 is 5.54. The standard InChI is InChI=1S/C10H18O3/c1-9(12,6-11)7-3-4-10(2)8(5-7)13-10/h7-8,11-12H,3-6H2,1-2H3/t7-,8-,9-,10+/m1/s1. The number of fused-ring (bicyclic) bond motifs is 1. The van der Waals surface area contributed by atoms with Crippen LogP contribution in [0.15, 0.2) is 0 Å². The van der Waals surface area contributed by atoms with E-state index < -0.39 is 5.60 Å². The van der Waals surface area contributed by atoms with Crippen LogP contribution in [0.25, 0.3) is 0 Å². The summed E-state index contributed by atoms with van der Waals surface area (Å²) in [6, 6.07) is 0. The average Bonchev–Trinajstić information content (AvgIpc) is 2.75. The van der Waals surface area contributed by atoms with Crippen LogP contribution in [-0.2, 0) is 4.74 Å². The van der Waals surface area contributed by atoms with Crippen molar-refractivity contribution in [3.63, 3.8) is 0 Å². The minimum absolute atomic E-state index is 0.0992. The molecule has 13 heavy (non-hydrogen) atoms. The minimum atomic E-state index is -0.923. The van der Waals surface area contributed by atoms with Crippen LogP contribution in [-0.4, -0.2) is 34.1 Å². The Hall–Kier alpha value is -0.120. The summed E-state index contributed by atoms with van der Waals surface area (Å²) in [7, 11) is 0. The van der Waals surface area contributed by atoms with Crippen LogP contribution in [0.1, 0.15) is 33.1 Å². The zero-order chi connectivity index (χ0) is 9.69. The Labute approximate surface area is 78.7 Å². The van der Waals surface area contributed by atoms with Crippen LogP contribution in [0, 0.1) is 5.92 Å². The lowest BCUT2D eigenvalue weighted by Gasteiger charge is -2.33. The van der Waals surface area contributed by atoms with Gasteiger partial charge in [0.15, 0.2) is 0 Å². The molecule has 0 unspecified atom stereocenters. The molecule has 3 nitrogen and oxygen atoms in total. The molecule has 0 aromatic carbocycles. The van der Waals surface area contributed by atoms with E-state index in [2.05, 4.69) is 6.92 Å². The highest BCUT2D eigenvalue weighted by Crippen LogP contribution is 2.51. The van der Waals surface area contributed by atoms with Crippen LogP contribution in [0.3, 0.4) is 0 Å². The first-order valence-corrected chi connectivity index (χ1v) is 4.99. The Kier molecular flexibility index (Phi) is 1.95. The summed E-state index contributed by atoms with van der Waals surface area (Å²) in [5.74, 6) is 0.193. The molecule has 0 bridgehead atoms. The number of hydrogen-bond donors (Lipinski definition) is 2. The maximum atomic E-state index is 9.86. The largest absolute Gasteiger partial charge is 0.393 e. The molecule has 2 N–H and O–H groups in total. The molecule has 0 radical (unpaired) electrons. The van der Waals surface area contributed by atoms with E-state index in [1.807, 2.05) is 0 Å². The Bertz CT molecular complexity index is 214. The first-order chi connectivity index (χ1) is 5.98. The number of epoxide rings is 1. The number of ether oxygens (including phenoxy) is 1. The predicted molar refractivity (Wildman–Crippen MR) is 48.3 cm³/mol. The van der Waals surface area contributed by atoms with Gasteiger partial charge < -0.3 is 14.9 Å². The molecule has 1 heterocycles. The van der Waals surface area contributed by atoms with E-state index in [9.17, 15) is 5.11 Å². The van der Waals surface area contributed by atoms with E-state index in [4.69, 9.17) is 9.84 Å². The average molecular weight is 186 g/mol. The minimum Gasteiger partial charge on any atom is -0.393 e. The first-order valence-electron chi connectivity index (χ1n) is 4.99. The second-order valence-electron chi connectivity index (χ2n) is 4.91. The van der Waals surface area contributed by atoms with E-state index in [0.717, 1.165) is 19.3 Å². The number of hydrogen-bond acceptors (Lipinski definition) is 3. The maximum Gasteiger partial charge on any atom is 0.0920 e. The lowest BCUT2D eigenvalue weighted by molar-refractivity contribution is -0.0569. The summed E-state index contributed by atoms with van der Waals surface area (Å²) in [5, 5.41) is 18.9. The Morgan fingerprint density at radius 1 is 1.62 bits per heavy atom. The zero-order valence-electron chi connectivity index (χ0n) is 8.29. The van der Waals surface area contributed by atoms with E-state index in [-0.39, 0.29) is 18.1 Å². The Balaban J connectivity index is 1.97. The maximum absolute atomic E-state index is 9.86. The predicted octanol–water partition coefficient (Wildman–Crippen LogP) is 0.687. The second kappa shape index (κ2) is 2.69. The van der Waals surface area contributed by atoms with Gasteiger partial charge in [-0.2, -0.15) is 0 Å². The molecule has 1 saturated heterocycles. The summed E-state index contributed by atoms with van der Waals surface area (Å²) in [6.45, 7) is 3.69. The zero-order valence-corrected chi connectivity index (χ0v) is 8.29. The smallest absolute Gasteiger partial charge is 0.0920 e. The fraction of sp³-hybridized carbons (Fsp3) is 1.00. The van der Waals surface area contributed by atoms with Crippen LogP contribution >= 0.6 is 0 Å². The van der Waals surface area contributed by atoms with Crippen LogP contribution in [0.5, 0.6) is 0 Å². The van der Waals surface area contributed by atoms with Gasteiger partial charge in [0, 0.05) is 0 Å². The van der Waals surface area contributed by atoms with Gasteiger partial charge in [-0.3, -0.25) is 0 Å². The molecule has 1 aliphatic carbocycles. The number of rotatable bonds is 2. The van der Waals surface area contributed by atoms with Crippen LogP contribution < -0.4 is 0 Å². The molecule has 76 valence electrons. The van der Waals surface area contributed by atoms with E-state index in [1.54, 1.807) is 6.92 Å². The Morgan fingerprint density at radius 2 is 2.31 bits per heavy atom. The highest BCUT2D eigenvalue weighted by Gasteiger charge is 2.57. The summed E-state index contributed by atoms with van der Waals surface area (Å²) in [5.41, 5.74) is -0.824. The van der Waals surface area contributed by atoms with Gasteiger partial charge in [-0.15, -0.1) is 0 Å². The molecule has 0 spiro atoms. The molecule has 2 aliphatic rings. The van der Waals surface area contributed by atoms with Gasteiger partial charge in [-0.05, 0) is 39.0 Å². The third-order valence-electron chi connectivity index (χ3n) is 3.72. The molecule has 1 saturated carbocycles. The molecule has 4 atom stereocenters. The van der Waals surface area contributed by atoms with E-state index in [0.29, 0.717) is 6.10 Å². The molecule has 0 amide bonds. The summed E-state index contributed by atoms with van der Waals surface area (Å²) in [6.07, 6.45) is 3.19. The van der Waals surface area contributed by atoms with Gasteiger partial charge >= 0.3 is 0 Å². The third-order valence-corrected chi connectivity index (χ3v) is 3.72.